The van der Waals surface area contributed by atoms with E-state index in [1.165, 1.54) is 37.8 Å². The second-order valence-corrected chi connectivity index (χ2v) is 5.05. The molecule has 0 bridgehead atoms. The third-order valence-corrected chi connectivity index (χ3v) is 3.77. The molecule has 2 rings (SSSR count). The van der Waals surface area contributed by atoms with Crippen LogP contribution in [0.3, 0.4) is 0 Å². The molecule has 0 unspecified atom stereocenters. The van der Waals surface area contributed by atoms with Gasteiger partial charge >= 0.3 is 0 Å². The lowest BCUT2D eigenvalue weighted by Gasteiger charge is -2.26. The summed E-state index contributed by atoms with van der Waals surface area (Å²) >= 11 is 0. The Labute approximate surface area is 111 Å². The molecule has 100 valence electrons. The number of anilines is 1. The SMILES string of the molecule is CCN(CCOC1CCCCC1)c1ccccc1. The van der Waals surface area contributed by atoms with Gasteiger partial charge in [-0.1, -0.05) is 37.5 Å². The first-order valence-electron chi connectivity index (χ1n) is 7.31. The highest BCUT2D eigenvalue weighted by Gasteiger charge is 2.13. The summed E-state index contributed by atoms with van der Waals surface area (Å²) in [7, 11) is 0. The summed E-state index contributed by atoms with van der Waals surface area (Å²) in [6, 6.07) is 10.6. The summed E-state index contributed by atoms with van der Waals surface area (Å²) in [5.74, 6) is 0. The van der Waals surface area contributed by atoms with E-state index in [1.54, 1.807) is 0 Å². The van der Waals surface area contributed by atoms with Crippen molar-refractivity contribution in [3.05, 3.63) is 30.3 Å². The Balaban J connectivity index is 1.73. The van der Waals surface area contributed by atoms with E-state index in [4.69, 9.17) is 4.74 Å². The molecule has 0 spiro atoms. The predicted octanol–water partition coefficient (Wildman–Crippen LogP) is 3.86. The largest absolute Gasteiger partial charge is 0.376 e. The smallest absolute Gasteiger partial charge is 0.0645 e. The summed E-state index contributed by atoms with van der Waals surface area (Å²) in [5.41, 5.74) is 1.30. The second-order valence-electron chi connectivity index (χ2n) is 5.05. The fraction of sp³-hybridized carbons (Fsp3) is 0.625. The fourth-order valence-electron chi connectivity index (χ4n) is 2.67. The number of para-hydroxylation sites is 1. The molecule has 2 heteroatoms. The summed E-state index contributed by atoms with van der Waals surface area (Å²) in [5, 5.41) is 0. The minimum Gasteiger partial charge on any atom is -0.376 e. The van der Waals surface area contributed by atoms with E-state index in [9.17, 15) is 0 Å². The summed E-state index contributed by atoms with van der Waals surface area (Å²) in [4.78, 5) is 2.38. The molecule has 0 radical (unpaired) electrons. The van der Waals surface area contributed by atoms with Crippen molar-refractivity contribution in [3.63, 3.8) is 0 Å². The topological polar surface area (TPSA) is 12.5 Å². The monoisotopic (exact) mass is 247 g/mol. The molecule has 0 heterocycles. The zero-order valence-corrected chi connectivity index (χ0v) is 11.5. The van der Waals surface area contributed by atoms with Gasteiger partial charge in [-0.15, -0.1) is 0 Å². The molecule has 0 saturated heterocycles. The summed E-state index contributed by atoms with van der Waals surface area (Å²) < 4.78 is 6.00. The van der Waals surface area contributed by atoms with Crippen molar-refractivity contribution in [3.8, 4) is 0 Å². The number of rotatable bonds is 6. The average Bonchev–Trinajstić information content (AvgIpc) is 2.46. The van der Waals surface area contributed by atoms with Crippen LogP contribution >= 0.6 is 0 Å². The highest BCUT2D eigenvalue weighted by molar-refractivity contribution is 5.45. The van der Waals surface area contributed by atoms with Crippen molar-refractivity contribution in [2.45, 2.75) is 45.1 Å². The Morgan fingerprint density at radius 3 is 2.50 bits per heavy atom. The van der Waals surface area contributed by atoms with Gasteiger partial charge in [-0.05, 0) is 31.9 Å². The summed E-state index contributed by atoms with van der Waals surface area (Å²) in [6.45, 7) is 5.09. The van der Waals surface area contributed by atoms with Crippen LogP contribution in [0.1, 0.15) is 39.0 Å². The Kier molecular flexibility index (Phi) is 5.53. The van der Waals surface area contributed by atoms with Gasteiger partial charge in [-0.2, -0.15) is 0 Å². The Bertz CT molecular complexity index is 319. The maximum absolute atomic E-state index is 6.00. The van der Waals surface area contributed by atoms with Gasteiger partial charge < -0.3 is 9.64 Å². The lowest BCUT2D eigenvalue weighted by atomic mass is 9.98. The molecular formula is C16H25NO. The van der Waals surface area contributed by atoms with Crippen molar-refractivity contribution < 1.29 is 4.74 Å². The summed E-state index contributed by atoms with van der Waals surface area (Å²) in [6.07, 6.45) is 7.13. The van der Waals surface area contributed by atoms with Crippen molar-refractivity contribution in [2.24, 2.45) is 0 Å². The van der Waals surface area contributed by atoms with Gasteiger partial charge in [-0.3, -0.25) is 0 Å². The molecule has 0 aromatic heterocycles. The van der Waals surface area contributed by atoms with E-state index in [2.05, 4.69) is 42.2 Å². The maximum atomic E-state index is 6.00. The second kappa shape index (κ2) is 7.42. The minimum absolute atomic E-state index is 0.522. The molecular weight excluding hydrogens is 222 g/mol. The van der Waals surface area contributed by atoms with Gasteiger partial charge in [-0.25, -0.2) is 0 Å². The molecule has 1 aliphatic carbocycles. The number of nitrogens with zero attached hydrogens (tertiary/aromatic N) is 1. The Hall–Kier alpha value is -1.02. The van der Waals surface area contributed by atoms with Crippen LogP contribution in [0.5, 0.6) is 0 Å². The van der Waals surface area contributed by atoms with Crippen molar-refractivity contribution in [1.29, 1.82) is 0 Å². The molecule has 18 heavy (non-hydrogen) atoms. The number of hydrogen-bond acceptors (Lipinski definition) is 2. The van der Waals surface area contributed by atoms with Crippen molar-refractivity contribution in [2.75, 3.05) is 24.6 Å². The number of likely N-dealkylation sites (N-methyl/N-ethyl adjacent to an activating group) is 1. The Morgan fingerprint density at radius 1 is 1.11 bits per heavy atom. The van der Waals surface area contributed by atoms with Gasteiger partial charge in [0.05, 0.1) is 12.7 Å². The molecule has 1 aromatic carbocycles. The van der Waals surface area contributed by atoms with Gasteiger partial charge in [0.1, 0.15) is 0 Å². The zero-order chi connectivity index (χ0) is 12.6. The quantitative estimate of drug-likeness (QED) is 0.757. The van der Waals surface area contributed by atoms with Crippen molar-refractivity contribution in [1.82, 2.24) is 0 Å². The van der Waals surface area contributed by atoms with E-state index < -0.39 is 0 Å². The van der Waals surface area contributed by atoms with Gasteiger partial charge in [0.2, 0.25) is 0 Å². The Morgan fingerprint density at radius 2 is 1.83 bits per heavy atom. The lowest BCUT2D eigenvalue weighted by molar-refractivity contribution is 0.0327. The maximum Gasteiger partial charge on any atom is 0.0645 e. The molecule has 1 saturated carbocycles. The first-order valence-corrected chi connectivity index (χ1v) is 7.31. The van der Waals surface area contributed by atoms with E-state index in [-0.39, 0.29) is 0 Å². The third-order valence-electron chi connectivity index (χ3n) is 3.77. The van der Waals surface area contributed by atoms with Crippen LogP contribution in [0.25, 0.3) is 0 Å². The van der Waals surface area contributed by atoms with E-state index in [0.29, 0.717) is 6.10 Å². The normalized spacial score (nSPS) is 16.7. The first kappa shape index (κ1) is 13.4. The highest BCUT2D eigenvalue weighted by atomic mass is 16.5. The van der Waals surface area contributed by atoms with Crippen LogP contribution in [-0.2, 0) is 4.74 Å². The number of ether oxygens (including phenoxy) is 1. The standard InChI is InChI=1S/C16H25NO/c1-2-17(15-9-5-3-6-10-15)13-14-18-16-11-7-4-8-12-16/h3,5-6,9-10,16H,2,4,7-8,11-14H2,1H3. The predicted molar refractivity (Wildman–Crippen MR) is 77.2 cm³/mol. The lowest BCUT2D eigenvalue weighted by Crippen LogP contribution is -2.29. The van der Waals surface area contributed by atoms with Gasteiger partial charge in [0.15, 0.2) is 0 Å². The molecule has 0 amide bonds. The van der Waals surface area contributed by atoms with Crippen molar-refractivity contribution >= 4 is 5.69 Å². The fourth-order valence-corrected chi connectivity index (χ4v) is 2.67. The molecule has 0 atom stereocenters. The van der Waals surface area contributed by atoms with E-state index in [1.807, 2.05) is 0 Å². The van der Waals surface area contributed by atoms with Crippen LogP contribution in [0.2, 0.25) is 0 Å². The molecule has 0 N–H and O–H groups in total. The molecule has 1 aliphatic rings. The third kappa shape index (κ3) is 4.02. The minimum atomic E-state index is 0.522. The zero-order valence-electron chi connectivity index (χ0n) is 11.5. The number of benzene rings is 1. The number of hydrogen-bond donors (Lipinski definition) is 0. The van der Waals surface area contributed by atoms with Crippen LogP contribution < -0.4 is 4.90 Å². The van der Waals surface area contributed by atoms with Crippen LogP contribution in [0.4, 0.5) is 5.69 Å². The van der Waals surface area contributed by atoms with Gasteiger partial charge in [0, 0.05) is 18.8 Å². The molecule has 1 aromatic rings. The van der Waals surface area contributed by atoms with Crippen LogP contribution in [0, 0.1) is 0 Å². The molecule has 2 nitrogen and oxygen atoms in total. The van der Waals surface area contributed by atoms with E-state index in [0.717, 1.165) is 19.7 Å². The molecule has 1 fully saturated rings. The highest BCUT2D eigenvalue weighted by Crippen LogP contribution is 2.20. The van der Waals surface area contributed by atoms with E-state index >= 15 is 0 Å². The molecule has 0 aliphatic heterocycles. The van der Waals surface area contributed by atoms with Gasteiger partial charge in [0.25, 0.3) is 0 Å². The van der Waals surface area contributed by atoms with Crippen LogP contribution in [0.15, 0.2) is 30.3 Å². The first-order chi connectivity index (χ1) is 8.90. The van der Waals surface area contributed by atoms with Crippen LogP contribution in [-0.4, -0.2) is 25.8 Å². The average molecular weight is 247 g/mol.